The van der Waals surface area contributed by atoms with Crippen LogP contribution in [0, 0.1) is 0 Å². The van der Waals surface area contributed by atoms with Crippen LogP contribution in [0.3, 0.4) is 0 Å². The quantitative estimate of drug-likeness (QED) is 0.237. The summed E-state index contributed by atoms with van der Waals surface area (Å²) in [4.78, 5) is 22.0. The highest BCUT2D eigenvalue weighted by Crippen LogP contribution is 2.34. The lowest BCUT2D eigenvalue weighted by Gasteiger charge is -2.33. The standard InChI is InChI=1S/C17H20ClNO6S/c1-24-17(21)13-6-7-16(14(18)10-13)19(26(22)23)15-5-3-2-4-12(15)8-9-25-11-20/h4,6-7,10-11,15,26H,2-3,5,8-9H2,1H3. The summed E-state index contributed by atoms with van der Waals surface area (Å²) >= 11 is 6.26. The van der Waals surface area contributed by atoms with Crippen molar-refractivity contribution in [1.82, 2.24) is 0 Å². The number of anilines is 1. The van der Waals surface area contributed by atoms with Gasteiger partial charge in [0, 0.05) is 6.42 Å². The first-order chi connectivity index (χ1) is 12.5. The average molecular weight is 402 g/mol. The second kappa shape index (κ2) is 9.59. The number of ether oxygens (including phenoxy) is 2. The number of allylic oxidation sites excluding steroid dienone is 1. The van der Waals surface area contributed by atoms with Gasteiger partial charge in [-0.25, -0.2) is 13.2 Å². The van der Waals surface area contributed by atoms with E-state index in [-0.39, 0.29) is 17.2 Å². The van der Waals surface area contributed by atoms with E-state index in [9.17, 15) is 18.0 Å². The van der Waals surface area contributed by atoms with Crippen molar-refractivity contribution in [3.63, 3.8) is 0 Å². The minimum absolute atomic E-state index is 0.140. The lowest BCUT2D eigenvalue weighted by molar-refractivity contribution is -0.128. The van der Waals surface area contributed by atoms with E-state index in [1.807, 2.05) is 6.08 Å². The van der Waals surface area contributed by atoms with Crippen LogP contribution in [0.4, 0.5) is 5.69 Å². The average Bonchev–Trinajstić information content (AvgIpc) is 2.63. The second-order valence-corrected chi connectivity index (χ2v) is 7.00. The van der Waals surface area contributed by atoms with Crippen molar-refractivity contribution in [2.45, 2.75) is 31.7 Å². The Kier molecular flexibility index (Phi) is 7.47. The minimum atomic E-state index is -2.97. The molecule has 0 saturated carbocycles. The van der Waals surface area contributed by atoms with Gasteiger partial charge in [0.05, 0.1) is 36.0 Å². The van der Waals surface area contributed by atoms with Crippen LogP contribution in [0.25, 0.3) is 0 Å². The number of methoxy groups -OCH3 is 1. The first-order valence-corrected chi connectivity index (χ1v) is 9.56. The van der Waals surface area contributed by atoms with Gasteiger partial charge in [0.1, 0.15) is 0 Å². The molecule has 1 aliphatic carbocycles. The van der Waals surface area contributed by atoms with E-state index < -0.39 is 22.9 Å². The fourth-order valence-corrected chi connectivity index (χ4v) is 4.17. The van der Waals surface area contributed by atoms with Crippen molar-refractivity contribution < 1.29 is 27.5 Å². The monoisotopic (exact) mass is 401 g/mol. The summed E-state index contributed by atoms with van der Waals surface area (Å²) in [5.74, 6) is -0.555. The highest BCUT2D eigenvalue weighted by Gasteiger charge is 2.28. The number of rotatable bonds is 8. The second-order valence-electron chi connectivity index (χ2n) is 5.68. The van der Waals surface area contributed by atoms with Crippen molar-refractivity contribution in [3.05, 3.63) is 40.4 Å². The summed E-state index contributed by atoms with van der Waals surface area (Å²) in [5.41, 5.74) is 1.41. The van der Waals surface area contributed by atoms with Crippen LogP contribution >= 0.6 is 11.6 Å². The molecule has 1 aromatic carbocycles. The molecule has 9 heteroatoms. The molecule has 1 atom stereocenters. The van der Waals surface area contributed by atoms with Gasteiger partial charge in [0.25, 0.3) is 6.47 Å². The number of carbonyl (C=O) groups is 2. The molecule has 1 unspecified atom stereocenters. The number of carbonyl (C=O) groups excluding carboxylic acids is 2. The van der Waals surface area contributed by atoms with E-state index >= 15 is 0 Å². The molecule has 0 N–H and O–H groups in total. The Morgan fingerprint density at radius 2 is 2.19 bits per heavy atom. The van der Waals surface area contributed by atoms with Crippen LogP contribution in [0.5, 0.6) is 0 Å². The zero-order chi connectivity index (χ0) is 19.1. The van der Waals surface area contributed by atoms with Gasteiger partial charge in [0.15, 0.2) is 0 Å². The summed E-state index contributed by atoms with van der Waals surface area (Å²) in [6.07, 6.45) is 4.73. The van der Waals surface area contributed by atoms with Crippen LogP contribution in [-0.4, -0.2) is 40.6 Å². The normalized spacial score (nSPS) is 16.7. The third kappa shape index (κ3) is 4.76. The summed E-state index contributed by atoms with van der Waals surface area (Å²) in [6.45, 7) is 0.553. The molecule has 0 saturated heterocycles. The summed E-state index contributed by atoms with van der Waals surface area (Å²) in [6, 6.07) is 3.95. The van der Waals surface area contributed by atoms with Gasteiger partial charge in [-0.1, -0.05) is 17.7 Å². The Balaban J connectivity index is 2.36. The molecule has 0 radical (unpaired) electrons. The Hall–Kier alpha value is -2.06. The molecule has 26 heavy (non-hydrogen) atoms. The molecule has 0 aliphatic heterocycles. The summed E-state index contributed by atoms with van der Waals surface area (Å²) in [7, 11) is -1.72. The first kappa shape index (κ1) is 20.3. The first-order valence-electron chi connectivity index (χ1n) is 8.05. The molecule has 0 aromatic heterocycles. The van der Waals surface area contributed by atoms with Crippen molar-refractivity contribution in [3.8, 4) is 0 Å². The summed E-state index contributed by atoms with van der Waals surface area (Å²) < 4.78 is 34.6. The van der Waals surface area contributed by atoms with Gasteiger partial charge in [-0.15, -0.1) is 0 Å². The number of halogens is 1. The molecular weight excluding hydrogens is 382 g/mol. The predicted molar refractivity (Wildman–Crippen MR) is 97.9 cm³/mol. The summed E-state index contributed by atoms with van der Waals surface area (Å²) in [5, 5.41) is 0.140. The number of benzene rings is 1. The van der Waals surface area contributed by atoms with Gasteiger partial charge < -0.3 is 9.47 Å². The Morgan fingerprint density at radius 3 is 2.81 bits per heavy atom. The molecule has 2 rings (SSSR count). The van der Waals surface area contributed by atoms with Gasteiger partial charge in [-0.05, 0) is 43.0 Å². The van der Waals surface area contributed by atoms with E-state index in [1.54, 1.807) is 0 Å². The van der Waals surface area contributed by atoms with Crippen LogP contribution in [0.15, 0.2) is 29.8 Å². The molecule has 7 nitrogen and oxygen atoms in total. The Morgan fingerprint density at radius 1 is 1.42 bits per heavy atom. The Labute approximate surface area is 158 Å². The third-order valence-corrected chi connectivity index (χ3v) is 5.33. The number of esters is 1. The lowest BCUT2D eigenvalue weighted by atomic mass is 9.91. The number of hydrogen-bond donors (Lipinski definition) is 1. The molecule has 0 bridgehead atoms. The van der Waals surface area contributed by atoms with Gasteiger partial charge in [-0.2, -0.15) is 0 Å². The molecule has 1 aromatic rings. The topological polar surface area (TPSA) is 90.0 Å². The molecule has 142 valence electrons. The maximum Gasteiger partial charge on any atom is 0.337 e. The van der Waals surface area contributed by atoms with Crippen molar-refractivity contribution in [2.24, 2.45) is 0 Å². The van der Waals surface area contributed by atoms with Crippen LogP contribution in [0.2, 0.25) is 5.02 Å². The number of thiol groups is 1. The maximum absolute atomic E-state index is 12.0. The SMILES string of the molecule is COC(=O)c1ccc(N(C2CCCC=C2CCOC=O)[SH](=O)=O)c(Cl)c1. The van der Waals surface area contributed by atoms with Crippen LogP contribution in [-0.2, 0) is 25.2 Å². The van der Waals surface area contributed by atoms with Crippen molar-refractivity contribution >= 4 is 40.6 Å². The molecule has 0 spiro atoms. The van der Waals surface area contributed by atoms with Gasteiger partial charge in [-0.3, -0.25) is 9.10 Å². The number of hydrogen-bond acceptors (Lipinski definition) is 6. The maximum atomic E-state index is 12.0. The van der Waals surface area contributed by atoms with E-state index in [1.165, 1.54) is 29.6 Å². The highest BCUT2D eigenvalue weighted by molar-refractivity contribution is 7.74. The lowest BCUT2D eigenvalue weighted by Crippen LogP contribution is -2.37. The fourth-order valence-electron chi connectivity index (χ4n) is 3.00. The molecule has 0 heterocycles. The fraction of sp³-hybridized carbons (Fsp3) is 0.412. The number of nitrogens with zero attached hydrogens (tertiary/aromatic N) is 1. The molecule has 0 amide bonds. The zero-order valence-electron chi connectivity index (χ0n) is 14.2. The van der Waals surface area contributed by atoms with Crippen molar-refractivity contribution in [1.29, 1.82) is 0 Å². The van der Waals surface area contributed by atoms with E-state index in [4.69, 9.17) is 16.3 Å². The van der Waals surface area contributed by atoms with Gasteiger partial charge >= 0.3 is 5.97 Å². The van der Waals surface area contributed by atoms with Crippen molar-refractivity contribution in [2.75, 3.05) is 18.0 Å². The molecular formula is C17H20ClNO6S. The molecule has 1 aliphatic rings. The minimum Gasteiger partial charge on any atom is -0.468 e. The Bertz CT molecular complexity index is 769. The largest absolute Gasteiger partial charge is 0.468 e. The van der Waals surface area contributed by atoms with E-state index in [0.29, 0.717) is 25.0 Å². The van der Waals surface area contributed by atoms with Crippen LogP contribution < -0.4 is 4.31 Å². The third-order valence-electron chi connectivity index (χ3n) is 4.18. The zero-order valence-corrected chi connectivity index (χ0v) is 15.9. The highest BCUT2D eigenvalue weighted by atomic mass is 35.5. The van der Waals surface area contributed by atoms with Crippen LogP contribution in [0.1, 0.15) is 36.0 Å². The van der Waals surface area contributed by atoms with Gasteiger partial charge in [0.2, 0.25) is 10.9 Å². The predicted octanol–water partition coefficient (Wildman–Crippen LogP) is 2.50. The smallest absolute Gasteiger partial charge is 0.337 e. The van der Waals surface area contributed by atoms with E-state index in [2.05, 4.69) is 4.74 Å². The molecule has 0 fully saturated rings. The van der Waals surface area contributed by atoms with E-state index in [0.717, 1.165) is 18.4 Å².